The third kappa shape index (κ3) is 6.07. The summed E-state index contributed by atoms with van der Waals surface area (Å²) in [6, 6.07) is 30.5. The lowest BCUT2D eigenvalue weighted by Gasteiger charge is -2.47. The van der Waals surface area contributed by atoms with Gasteiger partial charge in [-0.2, -0.15) is 0 Å². The maximum Gasteiger partial charge on any atom is 0.142 e. The quantitative estimate of drug-likeness (QED) is 0.338. The Morgan fingerprint density at radius 2 is 1.25 bits per heavy atom. The van der Waals surface area contributed by atoms with Crippen molar-refractivity contribution in [2.24, 2.45) is 4.99 Å². The first-order valence-electron chi connectivity index (χ1n) is 12.4. The third-order valence-corrected chi connectivity index (χ3v) is 7.70. The Labute approximate surface area is 217 Å². The van der Waals surface area contributed by atoms with E-state index in [9.17, 15) is 0 Å². The number of nitrogens with zero attached hydrogens (tertiary/aromatic N) is 1. The first kappa shape index (κ1) is 25.2. The lowest BCUT2D eigenvalue weighted by atomic mass is 9.92. The molecule has 5 atom stereocenters. The van der Waals surface area contributed by atoms with Gasteiger partial charge in [-0.1, -0.05) is 103 Å². The van der Waals surface area contributed by atoms with E-state index in [0.29, 0.717) is 26.4 Å². The van der Waals surface area contributed by atoms with Crippen molar-refractivity contribution in [2.45, 2.75) is 63.0 Å². The second kappa shape index (κ2) is 11.7. The predicted octanol–water partition coefficient (Wildman–Crippen LogP) is 6.02. The van der Waals surface area contributed by atoms with Gasteiger partial charge in [-0.05, 0) is 30.5 Å². The normalized spacial score (nSPS) is 27.4. The smallest absolute Gasteiger partial charge is 0.142 e. The summed E-state index contributed by atoms with van der Waals surface area (Å²) in [5.41, 5.74) is 3.36. The molecular formula is C30H33NO4S. The van der Waals surface area contributed by atoms with Gasteiger partial charge in [0.1, 0.15) is 29.3 Å². The van der Waals surface area contributed by atoms with E-state index in [-0.39, 0.29) is 24.4 Å². The fourth-order valence-electron chi connectivity index (χ4n) is 4.84. The highest BCUT2D eigenvalue weighted by atomic mass is 32.2. The topological polar surface area (TPSA) is 49.3 Å². The Morgan fingerprint density at radius 1 is 0.750 bits per heavy atom. The van der Waals surface area contributed by atoms with Crippen LogP contribution in [0.1, 0.15) is 30.5 Å². The summed E-state index contributed by atoms with van der Waals surface area (Å²) >= 11 is 1.66. The monoisotopic (exact) mass is 503 g/mol. The van der Waals surface area contributed by atoms with E-state index in [4.69, 9.17) is 23.9 Å². The highest BCUT2D eigenvalue weighted by molar-refractivity contribution is 8.15. The average Bonchev–Trinajstić information content (AvgIpc) is 3.21. The first-order chi connectivity index (χ1) is 17.6. The van der Waals surface area contributed by atoms with Crippen LogP contribution in [0.2, 0.25) is 0 Å². The van der Waals surface area contributed by atoms with E-state index in [1.165, 1.54) is 0 Å². The molecule has 0 aromatic heterocycles. The zero-order valence-electron chi connectivity index (χ0n) is 20.8. The van der Waals surface area contributed by atoms with Gasteiger partial charge in [0.2, 0.25) is 0 Å². The fraction of sp³-hybridized carbons (Fsp3) is 0.367. The van der Waals surface area contributed by atoms with Crippen LogP contribution in [-0.2, 0) is 38.8 Å². The number of hydrogen-bond acceptors (Lipinski definition) is 6. The van der Waals surface area contributed by atoms with Crippen molar-refractivity contribution >= 4 is 16.8 Å². The molecule has 6 heteroatoms. The fourth-order valence-corrected chi connectivity index (χ4v) is 6.07. The van der Waals surface area contributed by atoms with Crippen LogP contribution in [0.25, 0.3) is 0 Å². The van der Waals surface area contributed by atoms with E-state index < -0.39 is 4.93 Å². The minimum absolute atomic E-state index is 0.169. The maximum absolute atomic E-state index is 6.71. The van der Waals surface area contributed by atoms with E-state index in [2.05, 4.69) is 43.3 Å². The number of fused-ring (bicyclic) bond motifs is 1. The third-order valence-electron chi connectivity index (χ3n) is 6.56. The maximum atomic E-state index is 6.71. The van der Waals surface area contributed by atoms with Gasteiger partial charge < -0.3 is 18.9 Å². The van der Waals surface area contributed by atoms with Gasteiger partial charge in [-0.15, -0.1) is 0 Å². The van der Waals surface area contributed by atoms with Crippen molar-refractivity contribution in [3.63, 3.8) is 0 Å². The van der Waals surface area contributed by atoms with Crippen LogP contribution in [0.5, 0.6) is 0 Å². The standard InChI is InChI=1S/C30H33NO4S/c1-22-31-29-28(34-20-25-16-10-5-11-17-25)27(33-19-24-14-8-4-9-15-24)26(35-30(29,2)36-22)21-32-18-23-12-6-3-7-13-23/h3-17,26-29H,18-21H2,1-2H3/t26-,27-,28+,29-,30-/m1/s1. The van der Waals surface area contributed by atoms with Crippen molar-refractivity contribution in [2.75, 3.05) is 6.61 Å². The molecule has 1 saturated heterocycles. The lowest BCUT2D eigenvalue weighted by Crippen LogP contribution is -2.62. The molecule has 0 aliphatic carbocycles. The summed E-state index contributed by atoms with van der Waals surface area (Å²) < 4.78 is 26.1. The predicted molar refractivity (Wildman–Crippen MR) is 144 cm³/mol. The molecule has 0 amide bonds. The molecular weight excluding hydrogens is 470 g/mol. The number of benzene rings is 3. The molecule has 2 heterocycles. The van der Waals surface area contributed by atoms with Crippen LogP contribution in [0.3, 0.4) is 0 Å². The number of hydrogen-bond donors (Lipinski definition) is 0. The summed E-state index contributed by atoms with van der Waals surface area (Å²) in [6.07, 6.45) is -0.908. The van der Waals surface area contributed by atoms with Gasteiger partial charge in [0.25, 0.3) is 0 Å². The number of thioether (sulfide) groups is 1. The number of ether oxygens (including phenoxy) is 4. The van der Waals surface area contributed by atoms with Crippen LogP contribution in [-0.4, -0.2) is 40.9 Å². The summed E-state index contributed by atoms with van der Waals surface area (Å²) in [5, 5.41) is 1.00. The minimum Gasteiger partial charge on any atom is -0.374 e. The Kier molecular flexibility index (Phi) is 8.19. The Morgan fingerprint density at radius 3 is 1.81 bits per heavy atom. The van der Waals surface area contributed by atoms with Crippen molar-refractivity contribution < 1.29 is 18.9 Å². The largest absolute Gasteiger partial charge is 0.374 e. The van der Waals surface area contributed by atoms with E-state index in [1.54, 1.807) is 11.8 Å². The Hall–Kier alpha value is -2.48. The molecule has 5 nitrogen and oxygen atoms in total. The minimum atomic E-state index is -0.529. The van der Waals surface area contributed by atoms with Crippen molar-refractivity contribution in [3.8, 4) is 0 Å². The van der Waals surface area contributed by atoms with Gasteiger partial charge >= 0.3 is 0 Å². The molecule has 188 valence electrons. The molecule has 2 aliphatic rings. The molecule has 3 aromatic rings. The van der Waals surface area contributed by atoms with Crippen LogP contribution >= 0.6 is 11.8 Å². The first-order valence-corrected chi connectivity index (χ1v) is 13.3. The van der Waals surface area contributed by atoms with Crippen LogP contribution < -0.4 is 0 Å². The molecule has 36 heavy (non-hydrogen) atoms. The van der Waals surface area contributed by atoms with Crippen LogP contribution in [0, 0.1) is 0 Å². The molecule has 3 aromatic carbocycles. The van der Waals surface area contributed by atoms with E-state index >= 15 is 0 Å². The van der Waals surface area contributed by atoms with Crippen LogP contribution in [0.15, 0.2) is 96.0 Å². The Balaban J connectivity index is 1.37. The van der Waals surface area contributed by atoms with Gasteiger partial charge in [-0.25, -0.2) is 0 Å². The highest BCUT2D eigenvalue weighted by Crippen LogP contribution is 2.47. The highest BCUT2D eigenvalue weighted by Gasteiger charge is 2.56. The molecule has 0 spiro atoms. The zero-order valence-corrected chi connectivity index (χ0v) is 21.6. The second-order valence-electron chi connectivity index (χ2n) is 9.39. The van der Waals surface area contributed by atoms with Crippen molar-refractivity contribution in [1.29, 1.82) is 0 Å². The molecule has 5 rings (SSSR count). The molecule has 0 N–H and O–H groups in total. The Bertz CT molecular complexity index is 1130. The van der Waals surface area contributed by atoms with Gasteiger partial charge in [0.05, 0.1) is 31.5 Å². The molecule has 1 fully saturated rings. The number of aliphatic imine (C=N–C) groups is 1. The molecule has 0 unspecified atom stereocenters. The number of rotatable bonds is 10. The zero-order chi connectivity index (χ0) is 24.8. The SMILES string of the molecule is CC1=N[C@@H]2[C@@H](OCc3ccccc3)[C@H](OCc3ccccc3)[C@@H](COCc3ccccc3)O[C@]2(C)S1. The summed E-state index contributed by atoms with van der Waals surface area (Å²) in [7, 11) is 0. The molecule has 0 saturated carbocycles. The summed E-state index contributed by atoms with van der Waals surface area (Å²) in [6.45, 7) is 6.02. The molecule has 0 bridgehead atoms. The van der Waals surface area contributed by atoms with Crippen molar-refractivity contribution in [1.82, 2.24) is 0 Å². The summed E-state index contributed by atoms with van der Waals surface area (Å²) in [5.74, 6) is 0. The lowest BCUT2D eigenvalue weighted by molar-refractivity contribution is -0.232. The molecule has 0 radical (unpaired) electrons. The van der Waals surface area contributed by atoms with Gasteiger partial charge in [-0.3, -0.25) is 4.99 Å². The van der Waals surface area contributed by atoms with E-state index in [1.807, 2.05) is 61.5 Å². The van der Waals surface area contributed by atoms with E-state index in [0.717, 1.165) is 21.7 Å². The van der Waals surface area contributed by atoms with Crippen molar-refractivity contribution in [3.05, 3.63) is 108 Å². The second-order valence-corrected chi connectivity index (χ2v) is 11.0. The average molecular weight is 504 g/mol. The molecule has 2 aliphatic heterocycles. The van der Waals surface area contributed by atoms with Crippen LogP contribution in [0.4, 0.5) is 0 Å². The van der Waals surface area contributed by atoms with Gasteiger partial charge in [0.15, 0.2) is 0 Å². The summed E-state index contributed by atoms with van der Waals surface area (Å²) in [4.78, 5) is 4.42. The van der Waals surface area contributed by atoms with Gasteiger partial charge in [0, 0.05) is 0 Å².